The fourth-order valence-electron chi connectivity index (χ4n) is 1.88. The van der Waals surface area contributed by atoms with Crippen LogP contribution in [0.4, 0.5) is 0 Å². The van der Waals surface area contributed by atoms with Gasteiger partial charge < -0.3 is 5.32 Å². The number of halogens is 2. The van der Waals surface area contributed by atoms with Crippen molar-refractivity contribution in [3.05, 3.63) is 67.7 Å². The molecule has 0 aromatic heterocycles. The highest BCUT2D eigenvalue weighted by Crippen LogP contribution is 2.19. The molecule has 1 unspecified atom stereocenters. The maximum absolute atomic E-state index is 12.3. The van der Waals surface area contributed by atoms with Crippen LogP contribution in [0.25, 0.3) is 0 Å². The Balaban J connectivity index is 2.15. The molecule has 2 aromatic rings. The normalized spacial score (nSPS) is 12.0. The van der Waals surface area contributed by atoms with Crippen LogP contribution in [0.1, 0.15) is 34.5 Å². The van der Waals surface area contributed by atoms with Crippen LogP contribution in [0.2, 0.25) is 5.02 Å². The van der Waals surface area contributed by atoms with E-state index >= 15 is 0 Å². The monoisotopic (exact) mass is 399 g/mol. The second kappa shape index (κ2) is 6.59. The molecule has 0 bridgehead atoms. The van der Waals surface area contributed by atoms with Gasteiger partial charge in [-0.3, -0.25) is 4.79 Å². The lowest BCUT2D eigenvalue weighted by molar-refractivity contribution is 0.0939. The topological polar surface area (TPSA) is 29.1 Å². The summed E-state index contributed by atoms with van der Waals surface area (Å²) in [6.45, 7) is 4.02. The first-order valence-electron chi connectivity index (χ1n) is 6.30. The number of hydrogen-bond acceptors (Lipinski definition) is 1. The van der Waals surface area contributed by atoms with Gasteiger partial charge in [0.25, 0.3) is 5.91 Å². The second-order valence-electron chi connectivity index (χ2n) is 4.73. The number of carbonyl (C=O) groups is 1. The number of hydrogen-bond donors (Lipinski definition) is 1. The molecule has 4 heteroatoms. The van der Waals surface area contributed by atoms with Gasteiger partial charge in [0, 0.05) is 8.59 Å². The van der Waals surface area contributed by atoms with E-state index in [0.717, 1.165) is 9.13 Å². The minimum atomic E-state index is -0.107. The van der Waals surface area contributed by atoms with E-state index in [2.05, 4.69) is 27.9 Å². The molecule has 0 aliphatic carbocycles. The maximum atomic E-state index is 12.3. The predicted molar refractivity (Wildman–Crippen MR) is 91.2 cm³/mol. The van der Waals surface area contributed by atoms with E-state index in [1.807, 2.05) is 44.2 Å². The quantitative estimate of drug-likeness (QED) is 0.742. The Morgan fingerprint density at radius 2 is 1.85 bits per heavy atom. The molecule has 1 amide bonds. The van der Waals surface area contributed by atoms with E-state index in [1.54, 1.807) is 12.1 Å². The number of nitrogens with one attached hydrogen (secondary N) is 1. The van der Waals surface area contributed by atoms with Crippen molar-refractivity contribution >= 4 is 40.1 Å². The first-order valence-corrected chi connectivity index (χ1v) is 7.75. The van der Waals surface area contributed by atoms with Gasteiger partial charge in [0.15, 0.2) is 0 Å². The van der Waals surface area contributed by atoms with Gasteiger partial charge in [-0.05, 0) is 60.2 Å². The fraction of sp³-hybridized carbons (Fsp3) is 0.188. The van der Waals surface area contributed by atoms with Gasteiger partial charge in [-0.25, -0.2) is 0 Å². The van der Waals surface area contributed by atoms with Gasteiger partial charge in [0.2, 0.25) is 0 Å². The summed E-state index contributed by atoms with van der Waals surface area (Å²) in [5, 5.41) is 3.57. The van der Waals surface area contributed by atoms with Gasteiger partial charge in [0.05, 0.1) is 11.6 Å². The molecule has 0 spiro atoms. The van der Waals surface area contributed by atoms with Crippen LogP contribution >= 0.6 is 34.2 Å². The van der Waals surface area contributed by atoms with E-state index in [9.17, 15) is 4.79 Å². The van der Waals surface area contributed by atoms with Gasteiger partial charge >= 0.3 is 0 Å². The van der Waals surface area contributed by atoms with Crippen molar-refractivity contribution in [2.45, 2.75) is 19.9 Å². The van der Waals surface area contributed by atoms with Gasteiger partial charge in [-0.1, -0.05) is 41.4 Å². The minimum Gasteiger partial charge on any atom is -0.345 e. The lowest BCUT2D eigenvalue weighted by Crippen LogP contribution is -2.27. The molecule has 0 fully saturated rings. The average Bonchev–Trinajstić information content (AvgIpc) is 2.42. The Labute approximate surface area is 137 Å². The molecule has 20 heavy (non-hydrogen) atoms. The summed E-state index contributed by atoms with van der Waals surface area (Å²) < 4.78 is 0.889. The van der Waals surface area contributed by atoms with Gasteiger partial charge in [-0.15, -0.1) is 0 Å². The van der Waals surface area contributed by atoms with Crippen molar-refractivity contribution < 1.29 is 4.79 Å². The maximum Gasteiger partial charge on any atom is 0.252 e. The smallest absolute Gasteiger partial charge is 0.252 e. The Hall–Kier alpha value is -1.07. The number of aryl methyl sites for hydroxylation is 1. The molecule has 0 aliphatic rings. The predicted octanol–water partition coefficient (Wildman–Crippen LogP) is 4.74. The summed E-state index contributed by atoms with van der Waals surface area (Å²) in [6, 6.07) is 13.4. The number of amides is 1. The van der Waals surface area contributed by atoms with Crippen molar-refractivity contribution in [2.75, 3.05) is 0 Å². The highest BCUT2D eigenvalue weighted by Gasteiger charge is 2.14. The summed E-state index contributed by atoms with van der Waals surface area (Å²) in [5.74, 6) is -0.107. The molecule has 104 valence electrons. The molecule has 2 rings (SSSR count). The van der Waals surface area contributed by atoms with E-state index < -0.39 is 0 Å². The largest absolute Gasteiger partial charge is 0.345 e. The van der Waals surface area contributed by atoms with Crippen molar-refractivity contribution in [3.63, 3.8) is 0 Å². The van der Waals surface area contributed by atoms with E-state index in [0.29, 0.717) is 10.6 Å². The molecular formula is C16H15ClINO. The third-order valence-electron chi connectivity index (χ3n) is 3.10. The summed E-state index contributed by atoms with van der Waals surface area (Å²) in [6.07, 6.45) is 0. The Bertz CT molecular complexity index is 625. The number of benzene rings is 2. The zero-order valence-corrected chi connectivity index (χ0v) is 14.2. The average molecular weight is 400 g/mol. The number of rotatable bonds is 3. The lowest BCUT2D eigenvalue weighted by Gasteiger charge is -2.15. The molecule has 0 saturated carbocycles. The lowest BCUT2D eigenvalue weighted by atomic mass is 10.1. The Morgan fingerprint density at radius 3 is 2.50 bits per heavy atom. The molecule has 2 aromatic carbocycles. The van der Waals surface area contributed by atoms with Gasteiger partial charge in [-0.2, -0.15) is 0 Å². The van der Waals surface area contributed by atoms with E-state index in [1.165, 1.54) is 5.56 Å². The van der Waals surface area contributed by atoms with Crippen molar-refractivity contribution in [1.82, 2.24) is 5.32 Å². The highest BCUT2D eigenvalue weighted by atomic mass is 127. The summed E-state index contributed by atoms with van der Waals surface area (Å²) in [7, 11) is 0. The van der Waals surface area contributed by atoms with Gasteiger partial charge in [0.1, 0.15) is 0 Å². The summed E-state index contributed by atoms with van der Waals surface area (Å²) >= 11 is 8.09. The molecule has 0 radical (unpaired) electrons. The first-order chi connectivity index (χ1) is 9.47. The Morgan fingerprint density at radius 1 is 1.20 bits per heavy atom. The molecule has 0 saturated heterocycles. The highest BCUT2D eigenvalue weighted by molar-refractivity contribution is 14.1. The van der Waals surface area contributed by atoms with Crippen LogP contribution in [0, 0.1) is 10.5 Å². The molecule has 1 atom stereocenters. The van der Waals surface area contributed by atoms with Crippen molar-refractivity contribution in [2.24, 2.45) is 0 Å². The second-order valence-corrected chi connectivity index (χ2v) is 6.33. The van der Waals surface area contributed by atoms with Crippen LogP contribution in [-0.4, -0.2) is 5.91 Å². The van der Waals surface area contributed by atoms with Crippen molar-refractivity contribution in [3.8, 4) is 0 Å². The standard InChI is InChI=1S/C16H15ClINO/c1-10-3-5-12(6-4-10)11(2)19-16(20)14-9-13(17)7-8-15(14)18/h3-9,11H,1-2H3,(H,19,20). The summed E-state index contributed by atoms with van der Waals surface area (Å²) in [5.41, 5.74) is 2.90. The first kappa shape index (κ1) is 15.3. The van der Waals surface area contributed by atoms with Crippen LogP contribution in [0.5, 0.6) is 0 Å². The molecular weight excluding hydrogens is 385 g/mol. The Kier molecular flexibility index (Phi) is 5.05. The zero-order valence-electron chi connectivity index (χ0n) is 11.3. The van der Waals surface area contributed by atoms with Crippen molar-refractivity contribution in [1.29, 1.82) is 0 Å². The van der Waals surface area contributed by atoms with Crippen LogP contribution in [0.3, 0.4) is 0 Å². The zero-order chi connectivity index (χ0) is 14.7. The number of carbonyl (C=O) groups excluding carboxylic acids is 1. The molecule has 1 N–H and O–H groups in total. The minimum absolute atomic E-state index is 0.0436. The summed E-state index contributed by atoms with van der Waals surface area (Å²) in [4.78, 5) is 12.3. The third-order valence-corrected chi connectivity index (χ3v) is 4.27. The SMILES string of the molecule is Cc1ccc(C(C)NC(=O)c2cc(Cl)ccc2I)cc1. The molecule has 2 nitrogen and oxygen atoms in total. The molecule has 0 heterocycles. The van der Waals surface area contributed by atoms with Crippen LogP contribution in [-0.2, 0) is 0 Å². The van der Waals surface area contributed by atoms with Crippen LogP contribution < -0.4 is 5.32 Å². The molecule has 0 aliphatic heterocycles. The third kappa shape index (κ3) is 3.73. The van der Waals surface area contributed by atoms with E-state index in [4.69, 9.17) is 11.6 Å². The van der Waals surface area contributed by atoms with E-state index in [-0.39, 0.29) is 11.9 Å². The fourth-order valence-corrected chi connectivity index (χ4v) is 2.64. The van der Waals surface area contributed by atoms with Crippen LogP contribution in [0.15, 0.2) is 42.5 Å².